The molecule has 1 N–H and O–H groups in total. The lowest BCUT2D eigenvalue weighted by Gasteiger charge is -2.21. The summed E-state index contributed by atoms with van der Waals surface area (Å²) in [6.07, 6.45) is 1.97. The van der Waals surface area contributed by atoms with Crippen LogP contribution in [0.5, 0.6) is 0 Å². The molecule has 0 aliphatic rings. The van der Waals surface area contributed by atoms with Gasteiger partial charge < -0.3 is 5.32 Å². The molecule has 0 bridgehead atoms. The molecule has 0 radical (unpaired) electrons. The molecule has 2 heterocycles. The van der Waals surface area contributed by atoms with Crippen molar-refractivity contribution in [3.63, 3.8) is 0 Å². The Bertz CT molecular complexity index is 753. The van der Waals surface area contributed by atoms with Crippen LogP contribution in [0.15, 0.2) is 52.4 Å². The molecule has 0 saturated carbocycles. The van der Waals surface area contributed by atoms with E-state index in [1.165, 1.54) is 15.8 Å². The third kappa shape index (κ3) is 3.18. The Morgan fingerprint density at radius 2 is 1.95 bits per heavy atom. The molecular weight excluding hydrogens is 344 g/mol. The molecule has 3 aromatic rings. The normalized spacial score (nSPS) is 14.2. The maximum atomic E-state index is 4.52. The van der Waals surface area contributed by atoms with Gasteiger partial charge in [0, 0.05) is 22.8 Å². The first-order valence-corrected chi connectivity index (χ1v) is 8.66. The fourth-order valence-corrected chi connectivity index (χ4v) is 3.90. The first-order chi connectivity index (χ1) is 10.1. The van der Waals surface area contributed by atoms with Crippen LogP contribution < -0.4 is 5.32 Å². The van der Waals surface area contributed by atoms with E-state index in [0.717, 1.165) is 9.99 Å². The minimum Gasteiger partial charge on any atom is -0.304 e. The van der Waals surface area contributed by atoms with Crippen LogP contribution in [-0.2, 0) is 0 Å². The number of benzene rings is 1. The third-order valence-corrected chi connectivity index (χ3v) is 5.27. The fourth-order valence-electron chi connectivity index (χ4n) is 2.49. The van der Waals surface area contributed by atoms with Crippen molar-refractivity contribution in [3.05, 3.63) is 63.6 Å². The predicted molar refractivity (Wildman–Crippen MR) is 93.7 cm³/mol. The van der Waals surface area contributed by atoms with Crippen LogP contribution in [-0.4, -0.2) is 4.98 Å². The zero-order valence-corrected chi connectivity index (χ0v) is 14.4. The summed E-state index contributed by atoms with van der Waals surface area (Å²) in [6.45, 7) is 4.37. The molecule has 21 heavy (non-hydrogen) atoms. The number of halogens is 1. The molecule has 108 valence electrons. The van der Waals surface area contributed by atoms with Crippen LogP contribution in [0.1, 0.15) is 37.1 Å². The highest BCUT2D eigenvalue weighted by atomic mass is 79.9. The monoisotopic (exact) mass is 360 g/mol. The quantitative estimate of drug-likeness (QED) is 0.666. The van der Waals surface area contributed by atoms with Crippen molar-refractivity contribution in [2.24, 2.45) is 0 Å². The number of pyridine rings is 1. The standard InChI is InChI=1S/C17H17BrN2S/c1-11(13-9-17-16(19-10-13)7-8-21-17)20-12(2)14-5-3-4-6-15(14)18/h3-12,20H,1-2H3. The van der Waals surface area contributed by atoms with Crippen molar-refractivity contribution in [2.75, 3.05) is 0 Å². The minimum atomic E-state index is 0.256. The molecule has 3 rings (SSSR count). The molecule has 0 aliphatic carbocycles. The zero-order chi connectivity index (χ0) is 14.8. The van der Waals surface area contributed by atoms with Crippen LogP contribution in [0, 0.1) is 0 Å². The summed E-state index contributed by atoms with van der Waals surface area (Å²) < 4.78 is 2.39. The molecule has 2 unspecified atom stereocenters. The van der Waals surface area contributed by atoms with Gasteiger partial charge >= 0.3 is 0 Å². The minimum absolute atomic E-state index is 0.256. The van der Waals surface area contributed by atoms with E-state index in [-0.39, 0.29) is 12.1 Å². The van der Waals surface area contributed by atoms with Crippen molar-refractivity contribution in [1.29, 1.82) is 0 Å². The molecule has 0 aliphatic heterocycles. The van der Waals surface area contributed by atoms with Gasteiger partial charge in [-0.2, -0.15) is 0 Å². The molecule has 2 aromatic heterocycles. The second-order valence-corrected chi connectivity index (χ2v) is 7.01. The summed E-state index contributed by atoms with van der Waals surface area (Å²) in [4.78, 5) is 4.52. The van der Waals surface area contributed by atoms with E-state index in [0.29, 0.717) is 0 Å². The van der Waals surface area contributed by atoms with E-state index in [9.17, 15) is 0 Å². The van der Waals surface area contributed by atoms with Crippen LogP contribution in [0.2, 0.25) is 0 Å². The highest BCUT2D eigenvalue weighted by Gasteiger charge is 2.14. The molecule has 1 aromatic carbocycles. The van der Waals surface area contributed by atoms with E-state index >= 15 is 0 Å². The zero-order valence-electron chi connectivity index (χ0n) is 12.0. The van der Waals surface area contributed by atoms with Gasteiger partial charge in [0.2, 0.25) is 0 Å². The van der Waals surface area contributed by atoms with E-state index in [1.54, 1.807) is 11.3 Å². The summed E-state index contributed by atoms with van der Waals surface area (Å²) in [6, 6.07) is 13.2. The van der Waals surface area contributed by atoms with Gasteiger partial charge in [-0.05, 0) is 48.6 Å². The Balaban J connectivity index is 1.79. The average Bonchev–Trinajstić information content (AvgIpc) is 2.94. The van der Waals surface area contributed by atoms with Gasteiger partial charge in [0.1, 0.15) is 0 Å². The Morgan fingerprint density at radius 3 is 2.76 bits per heavy atom. The highest BCUT2D eigenvalue weighted by molar-refractivity contribution is 9.10. The summed E-state index contributed by atoms with van der Waals surface area (Å²) >= 11 is 5.36. The number of aromatic nitrogens is 1. The molecule has 4 heteroatoms. The lowest BCUT2D eigenvalue weighted by Crippen LogP contribution is -2.22. The van der Waals surface area contributed by atoms with Crippen LogP contribution >= 0.6 is 27.3 Å². The maximum absolute atomic E-state index is 4.52. The fraction of sp³-hybridized carbons (Fsp3) is 0.235. The Hall–Kier alpha value is -1.23. The summed E-state index contributed by atoms with van der Waals surface area (Å²) in [5.74, 6) is 0. The van der Waals surface area contributed by atoms with Crippen LogP contribution in [0.3, 0.4) is 0 Å². The predicted octanol–water partition coefficient (Wildman–Crippen LogP) is 5.47. The van der Waals surface area contributed by atoms with E-state index < -0.39 is 0 Å². The number of hydrogen-bond acceptors (Lipinski definition) is 3. The van der Waals surface area contributed by atoms with Crippen molar-refractivity contribution >= 4 is 37.5 Å². The molecule has 2 atom stereocenters. The van der Waals surface area contributed by atoms with Gasteiger partial charge in [0.25, 0.3) is 0 Å². The van der Waals surface area contributed by atoms with E-state index in [4.69, 9.17) is 0 Å². The second-order valence-electron chi connectivity index (χ2n) is 5.20. The Morgan fingerprint density at radius 1 is 1.14 bits per heavy atom. The lowest BCUT2D eigenvalue weighted by atomic mass is 10.1. The maximum Gasteiger partial charge on any atom is 0.0809 e. The molecular formula is C17H17BrN2S. The molecule has 0 fully saturated rings. The van der Waals surface area contributed by atoms with Crippen molar-refractivity contribution in [2.45, 2.75) is 25.9 Å². The summed E-state index contributed by atoms with van der Waals surface area (Å²) in [5, 5.41) is 5.73. The van der Waals surface area contributed by atoms with E-state index in [2.05, 4.69) is 75.8 Å². The van der Waals surface area contributed by atoms with Gasteiger partial charge in [-0.15, -0.1) is 11.3 Å². The highest BCUT2D eigenvalue weighted by Crippen LogP contribution is 2.27. The van der Waals surface area contributed by atoms with Gasteiger partial charge in [-0.3, -0.25) is 4.98 Å². The number of fused-ring (bicyclic) bond motifs is 1. The Labute approximate surface area is 137 Å². The third-order valence-electron chi connectivity index (χ3n) is 3.70. The largest absolute Gasteiger partial charge is 0.304 e. The lowest BCUT2D eigenvalue weighted by molar-refractivity contribution is 0.493. The van der Waals surface area contributed by atoms with Crippen molar-refractivity contribution in [3.8, 4) is 0 Å². The number of hydrogen-bond donors (Lipinski definition) is 1. The summed E-state index contributed by atoms with van der Waals surface area (Å²) in [7, 11) is 0. The van der Waals surface area contributed by atoms with Crippen LogP contribution in [0.25, 0.3) is 10.2 Å². The first kappa shape index (κ1) is 14.7. The molecule has 0 amide bonds. The second kappa shape index (κ2) is 6.26. The number of rotatable bonds is 4. The van der Waals surface area contributed by atoms with E-state index in [1.807, 2.05) is 12.3 Å². The van der Waals surface area contributed by atoms with Crippen LogP contribution in [0.4, 0.5) is 0 Å². The SMILES string of the molecule is CC(NC(C)c1ccccc1Br)c1cnc2ccsc2c1. The van der Waals surface area contributed by atoms with Crippen molar-refractivity contribution in [1.82, 2.24) is 10.3 Å². The van der Waals surface area contributed by atoms with Gasteiger partial charge in [-0.25, -0.2) is 0 Å². The number of thiophene rings is 1. The molecule has 0 spiro atoms. The Kier molecular flexibility index (Phi) is 4.38. The summed E-state index contributed by atoms with van der Waals surface area (Å²) in [5.41, 5.74) is 3.58. The topological polar surface area (TPSA) is 24.9 Å². The smallest absolute Gasteiger partial charge is 0.0809 e. The molecule has 2 nitrogen and oxygen atoms in total. The van der Waals surface area contributed by atoms with Crippen molar-refractivity contribution < 1.29 is 0 Å². The average molecular weight is 361 g/mol. The number of nitrogens with zero attached hydrogens (tertiary/aromatic N) is 1. The van der Waals surface area contributed by atoms with Gasteiger partial charge in [0.05, 0.1) is 10.2 Å². The van der Waals surface area contributed by atoms with Gasteiger partial charge in [0.15, 0.2) is 0 Å². The molecule has 0 saturated heterocycles. The first-order valence-electron chi connectivity index (χ1n) is 6.99. The number of nitrogens with one attached hydrogen (secondary N) is 1. The van der Waals surface area contributed by atoms with Gasteiger partial charge in [-0.1, -0.05) is 34.1 Å².